The molecule has 0 saturated carbocycles. The van der Waals surface area contributed by atoms with Crippen molar-refractivity contribution in [1.29, 1.82) is 0 Å². The highest BCUT2D eigenvalue weighted by Gasteiger charge is 2.24. The molecule has 1 amide bonds. The lowest BCUT2D eigenvalue weighted by Crippen LogP contribution is -2.50. The number of hydrogen-bond acceptors (Lipinski definition) is 7. The van der Waals surface area contributed by atoms with Gasteiger partial charge in [-0.1, -0.05) is 23.7 Å². The van der Waals surface area contributed by atoms with Crippen molar-refractivity contribution in [3.8, 4) is 5.69 Å². The Morgan fingerprint density at radius 1 is 1.16 bits per heavy atom. The molecule has 1 N–H and O–H groups in total. The fourth-order valence-corrected chi connectivity index (χ4v) is 3.72. The van der Waals surface area contributed by atoms with Crippen LogP contribution in [0.25, 0.3) is 5.69 Å². The summed E-state index contributed by atoms with van der Waals surface area (Å²) >= 11 is 6.42. The smallest absolute Gasteiger partial charge is 0.340 e. The monoisotopic (exact) mass is 447 g/mol. The standard InChI is InChI=1S/C21H26ClN5O4/c1-14(2)24-18(28)13-25-8-10-26(11-9-25)17-12-23-27(20(29)19(17)22)16-7-5-4-6-15(16)21(30)31-3/h4-7,12,14H,8-11,13H2,1-3H3,(H,24,28). The molecule has 0 aliphatic carbocycles. The Balaban J connectivity index is 1.77. The van der Waals surface area contributed by atoms with E-state index in [1.54, 1.807) is 24.3 Å². The van der Waals surface area contributed by atoms with Crippen molar-refractivity contribution in [1.82, 2.24) is 20.0 Å². The summed E-state index contributed by atoms with van der Waals surface area (Å²) in [6, 6.07) is 6.66. The molecule has 1 aromatic heterocycles. The summed E-state index contributed by atoms with van der Waals surface area (Å²) in [5, 5.41) is 7.17. The van der Waals surface area contributed by atoms with Crippen LogP contribution in [0.15, 0.2) is 35.3 Å². The third-order valence-electron chi connectivity index (χ3n) is 4.97. The fraction of sp³-hybridized carbons (Fsp3) is 0.429. The Morgan fingerprint density at radius 2 is 1.84 bits per heavy atom. The van der Waals surface area contributed by atoms with Crippen molar-refractivity contribution in [2.75, 3.05) is 44.7 Å². The van der Waals surface area contributed by atoms with Gasteiger partial charge in [0.1, 0.15) is 5.02 Å². The van der Waals surface area contributed by atoms with E-state index in [0.29, 0.717) is 44.1 Å². The molecule has 1 aromatic carbocycles. The lowest BCUT2D eigenvalue weighted by Gasteiger charge is -2.35. The second-order valence-corrected chi connectivity index (χ2v) is 7.93. The minimum Gasteiger partial charge on any atom is -0.465 e. The van der Waals surface area contributed by atoms with E-state index in [1.165, 1.54) is 13.3 Å². The number of esters is 1. The van der Waals surface area contributed by atoms with Crippen LogP contribution >= 0.6 is 11.6 Å². The number of hydrogen-bond donors (Lipinski definition) is 1. The van der Waals surface area contributed by atoms with Gasteiger partial charge in [0.2, 0.25) is 5.91 Å². The highest BCUT2D eigenvalue weighted by atomic mass is 35.5. The third kappa shape index (κ3) is 5.23. The van der Waals surface area contributed by atoms with E-state index < -0.39 is 11.5 Å². The van der Waals surface area contributed by atoms with Crippen LogP contribution in [-0.2, 0) is 9.53 Å². The second kappa shape index (κ2) is 9.93. The van der Waals surface area contributed by atoms with E-state index in [2.05, 4.69) is 15.3 Å². The number of halogens is 1. The van der Waals surface area contributed by atoms with E-state index in [4.69, 9.17) is 16.3 Å². The maximum Gasteiger partial charge on any atom is 0.340 e. The average molecular weight is 448 g/mol. The lowest BCUT2D eigenvalue weighted by molar-refractivity contribution is -0.122. The van der Waals surface area contributed by atoms with Crippen LogP contribution in [0.3, 0.4) is 0 Å². The van der Waals surface area contributed by atoms with Gasteiger partial charge in [0.15, 0.2) is 0 Å². The summed E-state index contributed by atoms with van der Waals surface area (Å²) < 4.78 is 5.89. The average Bonchev–Trinajstić information content (AvgIpc) is 2.75. The van der Waals surface area contributed by atoms with Gasteiger partial charge in [-0.3, -0.25) is 14.5 Å². The fourth-order valence-electron chi connectivity index (χ4n) is 3.47. The summed E-state index contributed by atoms with van der Waals surface area (Å²) in [5.41, 5.74) is 0.532. The van der Waals surface area contributed by atoms with Crippen molar-refractivity contribution < 1.29 is 14.3 Å². The van der Waals surface area contributed by atoms with Gasteiger partial charge in [-0.25, -0.2) is 4.79 Å². The second-order valence-electron chi connectivity index (χ2n) is 7.55. The molecule has 1 aliphatic rings. The van der Waals surface area contributed by atoms with Crippen molar-refractivity contribution in [2.45, 2.75) is 19.9 Å². The number of nitrogens with zero attached hydrogens (tertiary/aromatic N) is 4. The summed E-state index contributed by atoms with van der Waals surface area (Å²) in [7, 11) is 1.28. The minimum atomic E-state index is -0.567. The normalized spacial score (nSPS) is 14.5. The van der Waals surface area contributed by atoms with Gasteiger partial charge < -0.3 is 15.0 Å². The molecule has 0 atom stereocenters. The van der Waals surface area contributed by atoms with E-state index in [9.17, 15) is 14.4 Å². The molecule has 0 spiro atoms. The first kappa shape index (κ1) is 22.8. The van der Waals surface area contributed by atoms with Crippen LogP contribution in [0.2, 0.25) is 5.02 Å². The predicted octanol–water partition coefficient (Wildman–Crippen LogP) is 1.32. The van der Waals surface area contributed by atoms with E-state index in [1.807, 2.05) is 18.7 Å². The molecule has 1 aliphatic heterocycles. The highest BCUT2D eigenvalue weighted by molar-refractivity contribution is 6.33. The molecule has 31 heavy (non-hydrogen) atoms. The Bertz CT molecular complexity index is 1020. The topological polar surface area (TPSA) is 96.8 Å². The largest absolute Gasteiger partial charge is 0.465 e. The third-order valence-corrected chi connectivity index (χ3v) is 5.32. The van der Waals surface area contributed by atoms with Gasteiger partial charge in [-0.2, -0.15) is 9.78 Å². The first-order valence-corrected chi connectivity index (χ1v) is 10.4. The van der Waals surface area contributed by atoms with Crippen molar-refractivity contribution in [2.24, 2.45) is 0 Å². The van der Waals surface area contributed by atoms with Crippen molar-refractivity contribution >= 4 is 29.2 Å². The van der Waals surface area contributed by atoms with Crippen molar-refractivity contribution in [3.63, 3.8) is 0 Å². The molecular weight excluding hydrogens is 422 g/mol. The molecule has 3 rings (SSSR count). The number of carbonyl (C=O) groups is 2. The molecule has 1 saturated heterocycles. The molecule has 10 heteroatoms. The number of rotatable bonds is 6. The van der Waals surface area contributed by atoms with Crippen molar-refractivity contribution in [3.05, 3.63) is 51.4 Å². The number of carbonyl (C=O) groups excluding carboxylic acids is 2. The van der Waals surface area contributed by atoms with Gasteiger partial charge in [0.25, 0.3) is 5.56 Å². The Hall–Kier alpha value is -2.91. The van der Waals surface area contributed by atoms with Crippen LogP contribution < -0.4 is 15.8 Å². The number of aromatic nitrogens is 2. The maximum absolute atomic E-state index is 12.9. The summed E-state index contributed by atoms with van der Waals surface area (Å²) in [6.45, 7) is 6.74. The number of nitrogens with one attached hydrogen (secondary N) is 1. The van der Waals surface area contributed by atoms with Gasteiger partial charge in [0, 0.05) is 32.2 Å². The number of para-hydroxylation sites is 1. The first-order valence-electron chi connectivity index (χ1n) is 10.0. The number of ether oxygens (including phenoxy) is 1. The van der Waals surface area contributed by atoms with Crippen LogP contribution in [0.5, 0.6) is 0 Å². The zero-order valence-electron chi connectivity index (χ0n) is 17.8. The molecule has 0 unspecified atom stereocenters. The molecule has 2 heterocycles. The van der Waals surface area contributed by atoms with Crippen LogP contribution in [-0.4, -0.2) is 72.4 Å². The maximum atomic E-state index is 12.9. The Labute approximate surface area is 185 Å². The molecule has 1 fully saturated rings. The first-order chi connectivity index (χ1) is 14.8. The number of methoxy groups -OCH3 is 1. The number of piperazine rings is 1. The molecule has 2 aromatic rings. The van der Waals surface area contributed by atoms with Crippen LogP contribution in [0.4, 0.5) is 5.69 Å². The quantitative estimate of drug-likeness (QED) is 0.667. The molecular formula is C21H26ClN5O4. The van der Waals surface area contributed by atoms with Gasteiger partial charge >= 0.3 is 5.97 Å². The zero-order valence-corrected chi connectivity index (χ0v) is 18.6. The summed E-state index contributed by atoms with van der Waals surface area (Å²) in [6.07, 6.45) is 1.53. The summed E-state index contributed by atoms with van der Waals surface area (Å²) in [5.74, 6) is -0.572. The van der Waals surface area contributed by atoms with Gasteiger partial charge in [-0.05, 0) is 26.0 Å². The minimum absolute atomic E-state index is 0.00461. The van der Waals surface area contributed by atoms with Crippen LogP contribution in [0.1, 0.15) is 24.2 Å². The van der Waals surface area contributed by atoms with Crippen LogP contribution in [0, 0.1) is 0 Å². The summed E-state index contributed by atoms with van der Waals surface area (Å²) in [4.78, 5) is 41.0. The van der Waals surface area contributed by atoms with E-state index in [0.717, 1.165) is 4.68 Å². The Morgan fingerprint density at radius 3 is 2.48 bits per heavy atom. The Kier molecular flexibility index (Phi) is 7.29. The van der Waals surface area contributed by atoms with E-state index in [-0.39, 0.29) is 22.5 Å². The lowest BCUT2D eigenvalue weighted by atomic mass is 10.2. The molecule has 0 radical (unpaired) electrons. The van der Waals surface area contributed by atoms with Gasteiger partial charge in [-0.15, -0.1) is 0 Å². The SMILES string of the molecule is COC(=O)c1ccccc1-n1ncc(N2CCN(CC(=O)NC(C)C)CC2)c(Cl)c1=O. The number of amides is 1. The molecule has 0 bridgehead atoms. The molecule has 9 nitrogen and oxygen atoms in total. The number of benzene rings is 1. The predicted molar refractivity (Wildman–Crippen MR) is 118 cm³/mol. The van der Waals surface area contributed by atoms with E-state index >= 15 is 0 Å². The number of anilines is 1. The molecule has 166 valence electrons. The van der Waals surface area contributed by atoms with Gasteiger partial charge in [0.05, 0.1) is 36.8 Å². The highest BCUT2D eigenvalue weighted by Crippen LogP contribution is 2.23. The zero-order chi connectivity index (χ0) is 22.5.